The lowest BCUT2D eigenvalue weighted by atomic mass is 9.92. The highest BCUT2D eigenvalue weighted by atomic mass is 16.5. The number of para-hydroxylation sites is 1. The number of methoxy groups -OCH3 is 2. The average Bonchev–Trinajstić information content (AvgIpc) is 3.26. The zero-order valence-electron chi connectivity index (χ0n) is 19.7. The van der Waals surface area contributed by atoms with Crippen molar-refractivity contribution in [1.82, 2.24) is 9.88 Å². The summed E-state index contributed by atoms with van der Waals surface area (Å²) in [4.78, 5) is 19.2. The van der Waals surface area contributed by atoms with Gasteiger partial charge in [0, 0.05) is 28.8 Å². The van der Waals surface area contributed by atoms with Crippen LogP contribution in [0, 0.1) is 0 Å². The van der Waals surface area contributed by atoms with E-state index in [-0.39, 0.29) is 12.1 Å². The standard InChI is InChI=1S/C28H29N3O3/c1-4-18-7-5-6-8-24(18)30-28(32)31-16-15-22-23-17-21(34-3)13-14-25(23)29-26(22)27(31)19-9-11-20(33-2)12-10-19/h5-14,17,27,29H,4,15-16H2,1-3H3,(H,30,32). The summed E-state index contributed by atoms with van der Waals surface area (Å²) >= 11 is 0. The monoisotopic (exact) mass is 455 g/mol. The summed E-state index contributed by atoms with van der Waals surface area (Å²) in [7, 11) is 3.34. The molecule has 5 rings (SSSR count). The van der Waals surface area contributed by atoms with E-state index in [0.29, 0.717) is 6.54 Å². The van der Waals surface area contributed by atoms with Crippen LogP contribution in [0.1, 0.15) is 35.3 Å². The lowest BCUT2D eigenvalue weighted by Crippen LogP contribution is -2.43. The Hall–Kier alpha value is -3.93. The number of aromatic amines is 1. The van der Waals surface area contributed by atoms with Crippen LogP contribution in [-0.4, -0.2) is 36.7 Å². The van der Waals surface area contributed by atoms with Crippen molar-refractivity contribution in [3.63, 3.8) is 0 Å². The maximum atomic E-state index is 13.6. The van der Waals surface area contributed by atoms with Crippen molar-refractivity contribution >= 4 is 22.6 Å². The Morgan fingerprint density at radius 3 is 2.50 bits per heavy atom. The topological polar surface area (TPSA) is 66.6 Å². The van der Waals surface area contributed by atoms with E-state index in [2.05, 4.69) is 29.4 Å². The first-order chi connectivity index (χ1) is 16.6. The molecule has 0 radical (unpaired) electrons. The number of rotatable bonds is 5. The highest BCUT2D eigenvalue weighted by molar-refractivity contribution is 5.92. The lowest BCUT2D eigenvalue weighted by molar-refractivity contribution is 0.193. The molecule has 2 heterocycles. The van der Waals surface area contributed by atoms with E-state index < -0.39 is 0 Å². The second-order valence-electron chi connectivity index (χ2n) is 8.49. The minimum Gasteiger partial charge on any atom is -0.497 e. The van der Waals surface area contributed by atoms with E-state index in [1.165, 1.54) is 5.56 Å². The second kappa shape index (κ2) is 9.14. The Kier molecular flexibility index (Phi) is 5.88. The molecule has 2 amide bonds. The van der Waals surface area contributed by atoms with Gasteiger partial charge in [0.2, 0.25) is 0 Å². The first-order valence-electron chi connectivity index (χ1n) is 11.6. The molecular formula is C28H29N3O3. The first kappa shape index (κ1) is 21.9. The number of carbonyl (C=O) groups is 1. The molecule has 0 bridgehead atoms. The van der Waals surface area contributed by atoms with Gasteiger partial charge in [-0.15, -0.1) is 0 Å². The third kappa shape index (κ3) is 3.85. The molecule has 174 valence electrons. The molecule has 1 aliphatic heterocycles. The first-order valence-corrected chi connectivity index (χ1v) is 11.6. The summed E-state index contributed by atoms with van der Waals surface area (Å²) in [6.45, 7) is 2.70. The summed E-state index contributed by atoms with van der Waals surface area (Å²) in [5, 5.41) is 4.31. The van der Waals surface area contributed by atoms with Gasteiger partial charge in [-0.1, -0.05) is 37.3 Å². The van der Waals surface area contributed by atoms with Crippen molar-refractivity contribution in [1.29, 1.82) is 0 Å². The molecule has 3 aromatic carbocycles. The maximum absolute atomic E-state index is 13.6. The zero-order valence-corrected chi connectivity index (χ0v) is 19.7. The normalized spacial score (nSPS) is 15.1. The van der Waals surface area contributed by atoms with E-state index in [9.17, 15) is 4.79 Å². The number of hydrogen-bond donors (Lipinski definition) is 2. The minimum atomic E-state index is -0.248. The van der Waals surface area contributed by atoms with Crippen LogP contribution in [0.3, 0.4) is 0 Å². The Labute approximate surface area is 199 Å². The van der Waals surface area contributed by atoms with Crippen molar-refractivity contribution in [3.05, 3.63) is 89.1 Å². The van der Waals surface area contributed by atoms with Gasteiger partial charge in [-0.05, 0) is 65.9 Å². The number of anilines is 1. The predicted molar refractivity (Wildman–Crippen MR) is 135 cm³/mol. The summed E-state index contributed by atoms with van der Waals surface area (Å²) in [5.74, 6) is 1.61. The Morgan fingerprint density at radius 1 is 1.03 bits per heavy atom. The van der Waals surface area contributed by atoms with Crippen LogP contribution in [0.2, 0.25) is 0 Å². The molecule has 1 aromatic heterocycles. The van der Waals surface area contributed by atoms with Crippen LogP contribution in [-0.2, 0) is 12.8 Å². The molecule has 0 saturated heterocycles. The number of hydrogen-bond acceptors (Lipinski definition) is 3. The van der Waals surface area contributed by atoms with E-state index in [4.69, 9.17) is 9.47 Å². The van der Waals surface area contributed by atoms with Gasteiger partial charge in [-0.25, -0.2) is 4.79 Å². The third-order valence-corrected chi connectivity index (χ3v) is 6.67. The smallest absolute Gasteiger partial charge is 0.322 e. The van der Waals surface area contributed by atoms with Crippen molar-refractivity contribution in [3.8, 4) is 11.5 Å². The highest BCUT2D eigenvalue weighted by Crippen LogP contribution is 2.40. The Balaban J connectivity index is 1.58. The van der Waals surface area contributed by atoms with E-state index in [1.807, 2.05) is 59.5 Å². The number of aromatic nitrogens is 1. The molecule has 6 nitrogen and oxygen atoms in total. The van der Waals surface area contributed by atoms with Crippen LogP contribution in [0.15, 0.2) is 66.7 Å². The molecule has 2 N–H and O–H groups in total. The Bertz CT molecular complexity index is 1330. The number of nitrogens with zero attached hydrogens (tertiary/aromatic N) is 1. The molecule has 1 aliphatic rings. The number of aryl methyl sites for hydroxylation is 1. The Morgan fingerprint density at radius 2 is 1.76 bits per heavy atom. The molecule has 0 saturated carbocycles. The molecule has 4 aromatic rings. The minimum absolute atomic E-state index is 0.108. The molecule has 0 fully saturated rings. The third-order valence-electron chi connectivity index (χ3n) is 6.67. The zero-order chi connectivity index (χ0) is 23.7. The second-order valence-corrected chi connectivity index (χ2v) is 8.49. The van der Waals surface area contributed by atoms with Gasteiger partial charge in [0.05, 0.1) is 20.3 Å². The van der Waals surface area contributed by atoms with Gasteiger partial charge >= 0.3 is 6.03 Å². The van der Waals surface area contributed by atoms with Crippen molar-refractivity contribution in [2.24, 2.45) is 0 Å². The number of nitrogens with one attached hydrogen (secondary N) is 2. The molecule has 0 spiro atoms. The number of H-pyrrole nitrogens is 1. The van der Waals surface area contributed by atoms with Crippen LogP contribution in [0.5, 0.6) is 11.5 Å². The quantitative estimate of drug-likeness (QED) is 0.392. The number of carbonyl (C=O) groups excluding carboxylic acids is 1. The fourth-order valence-electron chi connectivity index (χ4n) is 4.88. The summed E-state index contributed by atoms with van der Waals surface area (Å²) < 4.78 is 10.8. The van der Waals surface area contributed by atoms with E-state index in [0.717, 1.165) is 57.8 Å². The number of urea groups is 1. The molecular weight excluding hydrogens is 426 g/mol. The van der Waals surface area contributed by atoms with Gasteiger partial charge < -0.3 is 24.7 Å². The van der Waals surface area contributed by atoms with E-state index >= 15 is 0 Å². The van der Waals surface area contributed by atoms with Crippen LogP contribution in [0.4, 0.5) is 10.5 Å². The fraction of sp³-hybridized carbons (Fsp3) is 0.250. The fourth-order valence-corrected chi connectivity index (χ4v) is 4.88. The van der Waals surface area contributed by atoms with E-state index in [1.54, 1.807) is 14.2 Å². The predicted octanol–water partition coefficient (Wildman–Crippen LogP) is 5.93. The summed E-state index contributed by atoms with van der Waals surface area (Å²) in [5.41, 5.74) is 6.32. The number of benzene rings is 3. The van der Waals surface area contributed by atoms with Gasteiger partial charge in [-0.3, -0.25) is 0 Å². The van der Waals surface area contributed by atoms with Gasteiger partial charge in [0.25, 0.3) is 0 Å². The average molecular weight is 456 g/mol. The molecule has 0 aliphatic carbocycles. The summed E-state index contributed by atoms with van der Waals surface area (Å²) in [6.07, 6.45) is 1.62. The largest absolute Gasteiger partial charge is 0.497 e. The van der Waals surface area contributed by atoms with Gasteiger partial charge in [0.1, 0.15) is 11.5 Å². The molecule has 6 heteroatoms. The van der Waals surface area contributed by atoms with Crippen LogP contribution < -0.4 is 14.8 Å². The SMILES string of the molecule is CCc1ccccc1NC(=O)N1CCc2c([nH]c3ccc(OC)cc23)C1c1ccc(OC)cc1. The van der Waals surface area contributed by atoms with Crippen molar-refractivity contribution < 1.29 is 14.3 Å². The lowest BCUT2D eigenvalue weighted by Gasteiger charge is -2.36. The van der Waals surface area contributed by atoms with Gasteiger partial charge in [0.15, 0.2) is 0 Å². The maximum Gasteiger partial charge on any atom is 0.322 e. The molecule has 1 atom stereocenters. The van der Waals surface area contributed by atoms with Crippen LogP contribution >= 0.6 is 0 Å². The van der Waals surface area contributed by atoms with Gasteiger partial charge in [-0.2, -0.15) is 0 Å². The highest BCUT2D eigenvalue weighted by Gasteiger charge is 2.35. The van der Waals surface area contributed by atoms with Crippen LogP contribution in [0.25, 0.3) is 10.9 Å². The molecule has 1 unspecified atom stereocenters. The number of fused-ring (bicyclic) bond motifs is 3. The number of ether oxygens (including phenoxy) is 2. The van der Waals surface area contributed by atoms with Crippen molar-refractivity contribution in [2.75, 3.05) is 26.1 Å². The summed E-state index contributed by atoms with van der Waals surface area (Å²) in [6, 6.07) is 21.6. The number of amides is 2. The molecule has 34 heavy (non-hydrogen) atoms. The van der Waals surface area contributed by atoms with Crippen molar-refractivity contribution in [2.45, 2.75) is 25.8 Å².